The fourth-order valence-corrected chi connectivity index (χ4v) is 2.02. The Morgan fingerprint density at radius 2 is 1.82 bits per heavy atom. The molecule has 0 spiro atoms. The maximum Gasteiger partial charge on any atom is 0.0393 e. The minimum Gasteiger partial charge on any atom is -0.374 e. The zero-order chi connectivity index (χ0) is 12.8. The van der Waals surface area contributed by atoms with Crippen LogP contribution < -0.4 is 10.6 Å². The molecule has 0 aliphatic heterocycles. The first kappa shape index (κ1) is 14.0. The van der Waals surface area contributed by atoms with Gasteiger partial charge in [-0.05, 0) is 51.2 Å². The molecule has 0 atom stereocenters. The third kappa shape index (κ3) is 4.36. The summed E-state index contributed by atoms with van der Waals surface area (Å²) in [6.45, 7) is 4.98. The van der Waals surface area contributed by atoms with Crippen molar-refractivity contribution in [1.29, 1.82) is 0 Å². The molecule has 0 saturated carbocycles. The first-order valence-corrected chi connectivity index (χ1v) is 6.20. The maximum atomic E-state index is 5.64. The van der Waals surface area contributed by atoms with Crippen LogP contribution >= 0.6 is 0 Å². The Hall–Kier alpha value is -1.06. The summed E-state index contributed by atoms with van der Waals surface area (Å²) >= 11 is 0. The molecule has 0 aliphatic carbocycles. The second-order valence-electron chi connectivity index (χ2n) is 4.90. The first-order chi connectivity index (χ1) is 8.04. The fraction of sp³-hybridized carbons (Fsp3) is 0.571. The van der Waals surface area contributed by atoms with E-state index in [4.69, 9.17) is 5.73 Å². The van der Waals surface area contributed by atoms with Crippen molar-refractivity contribution in [2.24, 2.45) is 5.73 Å². The molecule has 3 nitrogen and oxygen atoms in total. The van der Waals surface area contributed by atoms with Crippen LogP contribution in [0.2, 0.25) is 0 Å². The van der Waals surface area contributed by atoms with Gasteiger partial charge in [-0.15, -0.1) is 0 Å². The second-order valence-corrected chi connectivity index (χ2v) is 4.90. The van der Waals surface area contributed by atoms with Crippen LogP contribution in [0.4, 0.5) is 5.69 Å². The van der Waals surface area contributed by atoms with E-state index in [2.05, 4.69) is 56.1 Å². The lowest BCUT2D eigenvalue weighted by Crippen LogP contribution is -2.23. The van der Waals surface area contributed by atoms with E-state index in [1.807, 2.05) is 0 Å². The van der Waals surface area contributed by atoms with Gasteiger partial charge in [0.2, 0.25) is 0 Å². The largest absolute Gasteiger partial charge is 0.374 e. The van der Waals surface area contributed by atoms with Crippen LogP contribution in [0.5, 0.6) is 0 Å². The summed E-state index contributed by atoms with van der Waals surface area (Å²) in [5, 5.41) is 0. The van der Waals surface area contributed by atoms with Crippen LogP contribution in [0.1, 0.15) is 17.5 Å². The van der Waals surface area contributed by atoms with E-state index in [-0.39, 0.29) is 0 Å². The average Bonchev–Trinajstić information content (AvgIpc) is 2.28. The molecule has 0 bridgehead atoms. The van der Waals surface area contributed by atoms with Crippen LogP contribution in [0.3, 0.4) is 0 Å². The van der Waals surface area contributed by atoms with Gasteiger partial charge in [-0.2, -0.15) is 0 Å². The first-order valence-electron chi connectivity index (χ1n) is 6.20. The highest BCUT2D eigenvalue weighted by molar-refractivity contribution is 5.53. The molecule has 0 heterocycles. The minimum atomic E-state index is 0.617. The van der Waals surface area contributed by atoms with Crippen molar-refractivity contribution in [2.75, 3.05) is 39.1 Å². The predicted octanol–water partition coefficient (Wildman–Crippen LogP) is 1.84. The molecule has 0 fully saturated rings. The Bertz CT molecular complexity index is 347. The molecule has 0 amide bonds. The molecular weight excluding hydrogens is 210 g/mol. The number of aryl methyl sites for hydroxylation is 1. The molecule has 0 aromatic heterocycles. The van der Waals surface area contributed by atoms with Crippen molar-refractivity contribution < 1.29 is 0 Å². The summed E-state index contributed by atoms with van der Waals surface area (Å²) in [5.74, 6) is 0. The Morgan fingerprint density at radius 1 is 1.12 bits per heavy atom. The lowest BCUT2D eigenvalue weighted by Gasteiger charge is -2.22. The third-order valence-corrected chi connectivity index (χ3v) is 3.01. The van der Waals surface area contributed by atoms with E-state index >= 15 is 0 Å². The Labute approximate surface area is 105 Å². The number of nitrogens with zero attached hydrogens (tertiary/aromatic N) is 2. The highest BCUT2D eigenvalue weighted by Crippen LogP contribution is 2.20. The molecule has 0 radical (unpaired) electrons. The number of benzene rings is 1. The summed E-state index contributed by atoms with van der Waals surface area (Å²) in [6, 6.07) is 6.47. The second kappa shape index (κ2) is 6.62. The third-order valence-electron chi connectivity index (χ3n) is 3.01. The molecule has 3 heteroatoms. The van der Waals surface area contributed by atoms with E-state index in [9.17, 15) is 0 Å². The van der Waals surface area contributed by atoms with E-state index < -0.39 is 0 Å². The minimum absolute atomic E-state index is 0.617. The van der Waals surface area contributed by atoms with Gasteiger partial charge >= 0.3 is 0 Å². The van der Waals surface area contributed by atoms with Gasteiger partial charge in [0, 0.05) is 25.8 Å². The van der Waals surface area contributed by atoms with Crippen LogP contribution in [-0.2, 0) is 6.54 Å². The molecule has 1 aromatic rings. The standard InChI is InChI=1S/C14H25N3/c1-12-10-13(11-15)6-7-14(12)17(4)9-5-8-16(2)3/h6-7,10H,5,8-9,11,15H2,1-4H3. The van der Waals surface area contributed by atoms with Crippen molar-refractivity contribution in [3.05, 3.63) is 29.3 Å². The zero-order valence-electron chi connectivity index (χ0n) is 11.5. The van der Waals surface area contributed by atoms with Gasteiger partial charge in [-0.25, -0.2) is 0 Å². The molecule has 0 aliphatic rings. The predicted molar refractivity (Wildman–Crippen MR) is 75.5 cm³/mol. The summed E-state index contributed by atoms with van der Waals surface area (Å²) in [7, 11) is 6.38. The van der Waals surface area contributed by atoms with Crippen LogP contribution in [-0.4, -0.2) is 39.1 Å². The highest BCUT2D eigenvalue weighted by atomic mass is 15.1. The van der Waals surface area contributed by atoms with Crippen LogP contribution in [0.15, 0.2) is 18.2 Å². The SMILES string of the molecule is Cc1cc(CN)ccc1N(C)CCCN(C)C. The number of hydrogen-bond acceptors (Lipinski definition) is 3. The quantitative estimate of drug-likeness (QED) is 0.816. The van der Waals surface area contributed by atoms with Crippen LogP contribution in [0, 0.1) is 6.92 Å². The Kier molecular flexibility index (Phi) is 5.45. The lowest BCUT2D eigenvalue weighted by molar-refractivity contribution is 0.401. The van der Waals surface area contributed by atoms with E-state index in [1.54, 1.807) is 0 Å². The van der Waals surface area contributed by atoms with Gasteiger partial charge < -0.3 is 15.5 Å². The number of hydrogen-bond donors (Lipinski definition) is 1. The van der Waals surface area contributed by atoms with E-state index in [1.165, 1.54) is 23.2 Å². The molecule has 1 rings (SSSR count). The summed E-state index contributed by atoms with van der Waals surface area (Å²) in [6.07, 6.45) is 1.18. The van der Waals surface area contributed by atoms with Crippen LogP contribution in [0.25, 0.3) is 0 Å². The smallest absolute Gasteiger partial charge is 0.0393 e. The van der Waals surface area contributed by atoms with Gasteiger partial charge in [-0.3, -0.25) is 0 Å². The topological polar surface area (TPSA) is 32.5 Å². The van der Waals surface area contributed by atoms with Gasteiger partial charge in [0.15, 0.2) is 0 Å². The van der Waals surface area contributed by atoms with Crippen molar-refractivity contribution in [3.8, 4) is 0 Å². The highest BCUT2D eigenvalue weighted by Gasteiger charge is 2.05. The molecule has 17 heavy (non-hydrogen) atoms. The van der Waals surface area contributed by atoms with Crippen molar-refractivity contribution in [3.63, 3.8) is 0 Å². The summed E-state index contributed by atoms with van der Waals surface area (Å²) in [4.78, 5) is 4.54. The zero-order valence-corrected chi connectivity index (χ0v) is 11.5. The summed E-state index contributed by atoms with van der Waals surface area (Å²) < 4.78 is 0. The average molecular weight is 235 g/mol. The van der Waals surface area contributed by atoms with E-state index in [0.717, 1.165) is 13.1 Å². The molecule has 96 valence electrons. The van der Waals surface area contributed by atoms with Gasteiger partial charge in [0.1, 0.15) is 0 Å². The molecule has 0 unspecified atom stereocenters. The maximum absolute atomic E-state index is 5.64. The van der Waals surface area contributed by atoms with Crippen molar-refractivity contribution in [1.82, 2.24) is 4.90 Å². The van der Waals surface area contributed by atoms with Crippen molar-refractivity contribution in [2.45, 2.75) is 19.9 Å². The molecule has 0 saturated heterocycles. The van der Waals surface area contributed by atoms with Gasteiger partial charge in [0.05, 0.1) is 0 Å². The lowest BCUT2D eigenvalue weighted by atomic mass is 10.1. The Balaban J connectivity index is 2.59. The Morgan fingerprint density at radius 3 is 2.35 bits per heavy atom. The molecular formula is C14H25N3. The normalized spacial score (nSPS) is 10.9. The number of rotatable bonds is 6. The van der Waals surface area contributed by atoms with Gasteiger partial charge in [-0.1, -0.05) is 12.1 Å². The summed E-state index contributed by atoms with van der Waals surface area (Å²) in [5.41, 5.74) is 9.45. The van der Waals surface area contributed by atoms with E-state index in [0.29, 0.717) is 6.54 Å². The van der Waals surface area contributed by atoms with Crippen molar-refractivity contribution >= 4 is 5.69 Å². The number of nitrogens with two attached hydrogens (primary N) is 1. The molecule has 1 aromatic carbocycles. The van der Waals surface area contributed by atoms with Gasteiger partial charge in [0.25, 0.3) is 0 Å². The molecule has 2 N–H and O–H groups in total. The monoisotopic (exact) mass is 235 g/mol. The fourth-order valence-electron chi connectivity index (χ4n) is 2.02. The number of anilines is 1.